The van der Waals surface area contributed by atoms with Crippen LogP contribution in [-0.2, 0) is 4.79 Å². The Morgan fingerprint density at radius 2 is 2.22 bits per heavy atom. The fourth-order valence-corrected chi connectivity index (χ4v) is 1.00. The van der Waals surface area contributed by atoms with Crippen molar-refractivity contribution in [2.75, 3.05) is 0 Å². The molecule has 0 aromatic rings. The highest BCUT2D eigenvalue weighted by Crippen LogP contribution is 2.10. The molecule has 3 nitrogen and oxygen atoms in total. The third-order valence-electron chi connectivity index (χ3n) is 1.50. The van der Waals surface area contributed by atoms with E-state index in [4.69, 9.17) is 5.84 Å². The van der Waals surface area contributed by atoms with Crippen LogP contribution in [0.5, 0.6) is 0 Å². The number of rotatable bonds is 0. The van der Waals surface area contributed by atoms with Gasteiger partial charge in [0.1, 0.15) is 5.78 Å². The highest BCUT2D eigenvalue weighted by Gasteiger charge is 2.13. The lowest BCUT2D eigenvalue weighted by molar-refractivity contribution is -0.118. The van der Waals surface area contributed by atoms with Crippen molar-refractivity contribution in [1.29, 1.82) is 0 Å². The third kappa shape index (κ3) is 1.52. The van der Waals surface area contributed by atoms with Gasteiger partial charge in [-0.25, -0.2) is 0 Å². The van der Waals surface area contributed by atoms with Gasteiger partial charge in [0.15, 0.2) is 0 Å². The second kappa shape index (κ2) is 2.62. The topological polar surface area (TPSA) is 55.4 Å². The zero-order valence-electron chi connectivity index (χ0n) is 5.26. The average molecular weight is 126 g/mol. The molecule has 0 bridgehead atoms. The number of hydrazone groups is 1. The van der Waals surface area contributed by atoms with Crippen molar-refractivity contribution in [2.45, 2.75) is 25.7 Å². The molecule has 0 atom stereocenters. The standard InChI is InChI=1S/C6H10N2O/c7-8-5-2-1-3-6(9)4-5/h1-4,7H2. The molecule has 0 radical (unpaired) electrons. The number of ketones is 1. The second-order valence-electron chi connectivity index (χ2n) is 2.26. The molecule has 50 valence electrons. The Bertz CT molecular complexity index is 151. The maximum absolute atomic E-state index is 10.7. The molecule has 0 heterocycles. The van der Waals surface area contributed by atoms with Gasteiger partial charge in [0.2, 0.25) is 0 Å². The highest BCUT2D eigenvalue weighted by atomic mass is 16.1. The van der Waals surface area contributed by atoms with Crippen molar-refractivity contribution in [3.8, 4) is 0 Å². The number of hydrogen-bond acceptors (Lipinski definition) is 3. The minimum atomic E-state index is 0.269. The summed E-state index contributed by atoms with van der Waals surface area (Å²) < 4.78 is 0. The molecule has 0 aromatic heterocycles. The normalized spacial score (nSPS) is 24.9. The number of nitrogens with two attached hydrogens (primary N) is 1. The molecule has 9 heavy (non-hydrogen) atoms. The van der Waals surface area contributed by atoms with Crippen LogP contribution in [0, 0.1) is 0 Å². The third-order valence-corrected chi connectivity index (χ3v) is 1.50. The smallest absolute Gasteiger partial charge is 0.138 e. The van der Waals surface area contributed by atoms with Crippen molar-refractivity contribution in [2.24, 2.45) is 10.9 Å². The minimum absolute atomic E-state index is 0.269. The van der Waals surface area contributed by atoms with E-state index < -0.39 is 0 Å². The largest absolute Gasteiger partial charge is 0.323 e. The molecule has 1 fully saturated rings. The van der Waals surface area contributed by atoms with E-state index >= 15 is 0 Å². The summed E-state index contributed by atoms with van der Waals surface area (Å²) in [5, 5.41) is 3.49. The van der Waals surface area contributed by atoms with E-state index in [1.165, 1.54) is 0 Å². The summed E-state index contributed by atoms with van der Waals surface area (Å²) in [6.07, 6.45) is 3.02. The van der Waals surface area contributed by atoms with Gasteiger partial charge in [-0.05, 0) is 12.8 Å². The average Bonchev–Trinajstić information content (AvgIpc) is 1.88. The molecule has 1 saturated carbocycles. The molecule has 1 aliphatic rings. The molecule has 3 heteroatoms. The number of hydrogen-bond donors (Lipinski definition) is 1. The van der Waals surface area contributed by atoms with Crippen LogP contribution in [0.1, 0.15) is 25.7 Å². The SMILES string of the molecule is NN=C1CCCC(=O)C1. The van der Waals surface area contributed by atoms with E-state index in [-0.39, 0.29) is 5.78 Å². The van der Waals surface area contributed by atoms with E-state index in [1.54, 1.807) is 0 Å². The van der Waals surface area contributed by atoms with Crippen molar-refractivity contribution in [3.63, 3.8) is 0 Å². The summed E-state index contributed by atoms with van der Waals surface area (Å²) >= 11 is 0. The molecule has 1 rings (SSSR count). The van der Waals surface area contributed by atoms with Crippen molar-refractivity contribution in [3.05, 3.63) is 0 Å². The van der Waals surface area contributed by atoms with Gasteiger partial charge in [0.25, 0.3) is 0 Å². The number of carbonyl (C=O) groups is 1. The maximum atomic E-state index is 10.7. The molecular weight excluding hydrogens is 116 g/mol. The summed E-state index contributed by atoms with van der Waals surface area (Å²) in [6.45, 7) is 0. The predicted octanol–water partition coefficient (Wildman–Crippen LogP) is 0.444. The zero-order chi connectivity index (χ0) is 6.69. The van der Waals surface area contributed by atoms with E-state index in [0.717, 1.165) is 18.6 Å². The summed E-state index contributed by atoms with van der Waals surface area (Å²) in [7, 11) is 0. The summed E-state index contributed by atoms with van der Waals surface area (Å²) in [5.74, 6) is 5.27. The Balaban J connectivity index is 2.51. The zero-order valence-corrected chi connectivity index (χ0v) is 5.26. The summed E-state index contributed by atoms with van der Waals surface area (Å²) in [5.41, 5.74) is 0.853. The molecule has 1 aliphatic carbocycles. The van der Waals surface area contributed by atoms with Crippen molar-refractivity contribution in [1.82, 2.24) is 0 Å². The molecule has 0 amide bonds. The van der Waals surface area contributed by atoms with E-state index in [2.05, 4.69) is 5.10 Å². The van der Waals surface area contributed by atoms with Gasteiger partial charge >= 0.3 is 0 Å². The van der Waals surface area contributed by atoms with Crippen molar-refractivity contribution < 1.29 is 4.79 Å². The van der Waals surface area contributed by atoms with Crippen LogP contribution in [0.25, 0.3) is 0 Å². The van der Waals surface area contributed by atoms with Crippen LogP contribution < -0.4 is 5.84 Å². The Morgan fingerprint density at radius 1 is 1.44 bits per heavy atom. The number of nitrogens with zero attached hydrogens (tertiary/aromatic N) is 1. The minimum Gasteiger partial charge on any atom is -0.323 e. The first-order valence-corrected chi connectivity index (χ1v) is 3.10. The molecule has 0 saturated heterocycles. The lowest BCUT2D eigenvalue weighted by Gasteiger charge is -2.08. The van der Waals surface area contributed by atoms with Gasteiger partial charge in [-0.15, -0.1) is 0 Å². The first kappa shape index (κ1) is 6.26. The van der Waals surface area contributed by atoms with Crippen LogP contribution in [0.4, 0.5) is 0 Å². The summed E-state index contributed by atoms with van der Waals surface area (Å²) in [6, 6.07) is 0. The van der Waals surface area contributed by atoms with Gasteiger partial charge in [0, 0.05) is 18.6 Å². The second-order valence-corrected chi connectivity index (χ2v) is 2.26. The Labute approximate surface area is 53.9 Å². The highest BCUT2D eigenvalue weighted by molar-refractivity contribution is 6.03. The summed E-state index contributed by atoms with van der Waals surface area (Å²) in [4.78, 5) is 10.7. The number of Topliss-reactive ketones (excluding diaryl/α,β-unsaturated/α-hetero) is 1. The quantitative estimate of drug-likeness (QED) is 0.378. The number of carbonyl (C=O) groups excluding carboxylic acids is 1. The van der Waals surface area contributed by atoms with Crippen LogP contribution in [0.2, 0.25) is 0 Å². The van der Waals surface area contributed by atoms with Gasteiger partial charge in [-0.3, -0.25) is 4.79 Å². The molecule has 0 spiro atoms. The van der Waals surface area contributed by atoms with Crippen molar-refractivity contribution >= 4 is 11.5 Å². The molecule has 0 aliphatic heterocycles. The lowest BCUT2D eigenvalue weighted by Crippen LogP contribution is -2.15. The first-order chi connectivity index (χ1) is 4.33. The van der Waals surface area contributed by atoms with Crippen LogP contribution in [0.3, 0.4) is 0 Å². The first-order valence-electron chi connectivity index (χ1n) is 3.10. The maximum Gasteiger partial charge on any atom is 0.138 e. The molecule has 2 N–H and O–H groups in total. The monoisotopic (exact) mass is 126 g/mol. The van der Waals surface area contributed by atoms with Crippen LogP contribution in [0.15, 0.2) is 5.10 Å². The molecule has 0 unspecified atom stereocenters. The fraction of sp³-hybridized carbons (Fsp3) is 0.667. The van der Waals surface area contributed by atoms with E-state index in [1.807, 2.05) is 0 Å². The Hall–Kier alpha value is -0.860. The lowest BCUT2D eigenvalue weighted by atomic mass is 9.97. The van der Waals surface area contributed by atoms with Gasteiger partial charge in [-0.1, -0.05) is 0 Å². The Morgan fingerprint density at radius 3 is 2.67 bits per heavy atom. The fourth-order valence-electron chi connectivity index (χ4n) is 1.00. The van der Waals surface area contributed by atoms with Crippen LogP contribution in [-0.4, -0.2) is 11.5 Å². The van der Waals surface area contributed by atoms with E-state index in [9.17, 15) is 4.79 Å². The molecule has 0 aromatic carbocycles. The van der Waals surface area contributed by atoms with Gasteiger partial charge in [0.05, 0.1) is 0 Å². The van der Waals surface area contributed by atoms with E-state index in [0.29, 0.717) is 12.8 Å². The van der Waals surface area contributed by atoms with Crippen LogP contribution >= 0.6 is 0 Å². The Kier molecular flexibility index (Phi) is 1.82. The molecular formula is C6H10N2O. The van der Waals surface area contributed by atoms with Gasteiger partial charge in [-0.2, -0.15) is 5.10 Å². The van der Waals surface area contributed by atoms with Gasteiger partial charge < -0.3 is 5.84 Å². The predicted molar refractivity (Wildman–Crippen MR) is 35.1 cm³/mol.